The molecule has 1 aliphatic heterocycles. The van der Waals surface area contributed by atoms with Crippen LogP contribution >= 0.6 is 11.8 Å². The third-order valence-corrected chi connectivity index (χ3v) is 7.62. The molecule has 0 spiro atoms. The van der Waals surface area contributed by atoms with Crippen LogP contribution in [-0.2, 0) is 4.79 Å². The summed E-state index contributed by atoms with van der Waals surface area (Å²) in [4.78, 5) is 22.6. The van der Waals surface area contributed by atoms with Crippen LogP contribution in [0, 0.1) is 0 Å². The number of fused-ring (bicyclic) bond motifs is 3. The molecule has 6 rings (SSSR count). The lowest BCUT2D eigenvalue weighted by molar-refractivity contribution is -0.130. The Kier molecular flexibility index (Phi) is 6.03. The van der Waals surface area contributed by atoms with Crippen LogP contribution in [0.2, 0.25) is 0 Å². The van der Waals surface area contributed by atoms with E-state index >= 15 is 0 Å². The van der Waals surface area contributed by atoms with E-state index in [4.69, 9.17) is 4.98 Å². The first kappa shape index (κ1) is 22.5. The fourth-order valence-electron chi connectivity index (χ4n) is 4.71. The predicted octanol–water partition coefficient (Wildman–Crippen LogP) is 4.77. The van der Waals surface area contributed by atoms with Gasteiger partial charge in [-0.05, 0) is 31.2 Å². The lowest BCUT2D eigenvalue weighted by Crippen LogP contribution is -2.50. The molecule has 5 aromatic rings. The zero-order chi connectivity index (χ0) is 24.5. The van der Waals surface area contributed by atoms with Gasteiger partial charge in [-0.15, -0.1) is 10.2 Å². The van der Waals surface area contributed by atoms with Gasteiger partial charge in [0.2, 0.25) is 5.91 Å². The van der Waals surface area contributed by atoms with Gasteiger partial charge in [-0.1, -0.05) is 72.4 Å². The topological polar surface area (TPSA) is 66.6 Å². The molecule has 1 fully saturated rings. The Morgan fingerprint density at radius 1 is 0.833 bits per heavy atom. The van der Waals surface area contributed by atoms with Crippen molar-refractivity contribution in [1.29, 1.82) is 0 Å². The molecule has 7 nitrogen and oxygen atoms in total. The van der Waals surface area contributed by atoms with Crippen molar-refractivity contribution in [2.75, 3.05) is 31.1 Å². The molecule has 0 bridgehead atoms. The third kappa shape index (κ3) is 4.18. The van der Waals surface area contributed by atoms with E-state index in [-0.39, 0.29) is 11.2 Å². The van der Waals surface area contributed by atoms with Crippen LogP contribution in [0.5, 0.6) is 0 Å². The van der Waals surface area contributed by atoms with Crippen LogP contribution in [-0.4, -0.2) is 61.8 Å². The SMILES string of the molecule is C[C@H](Sc1nnc2c3ccccc3nc(-c3ccccc3)n12)C(=O)N1CCN(c2ccccc2)CC1. The number of hydrogen-bond acceptors (Lipinski definition) is 6. The van der Waals surface area contributed by atoms with Crippen molar-refractivity contribution < 1.29 is 4.79 Å². The molecule has 2 aromatic heterocycles. The number of carbonyl (C=O) groups excluding carboxylic acids is 1. The molecule has 1 amide bonds. The number of hydrogen-bond donors (Lipinski definition) is 0. The normalized spacial score (nSPS) is 14.9. The largest absolute Gasteiger partial charge is 0.368 e. The second kappa shape index (κ2) is 9.62. The number of amides is 1. The van der Waals surface area contributed by atoms with E-state index in [0.29, 0.717) is 18.2 Å². The number of para-hydroxylation sites is 2. The Morgan fingerprint density at radius 3 is 2.25 bits per heavy atom. The number of piperazine rings is 1. The van der Waals surface area contributed by atoms with Gasteiger partial charge in [-0.3, -0.25) is 9.20 Å². The number of rotatable bonds is 5. The first-order valence-corrected chi connectivity index (χ1v) is 13.0. The smallest absolute Gasteiger partial charge is 0.236 e. The molecule has 1 aliphatic rings. The second-order valence-electron chi connectivity index (χ2n) is 8.87. The first-order chi connectivity index (χ1) is 17.7. The summed E-state index contributed by atoms with van der Waals surface area (Å²) in [6, 6.07) is 28.4. The summed E-state index contributed by atoms with van der Waals surface area (Å²) in [6.07, 6.45) is 0. The highest BCUT2D eigenvalue weighted by Crippen LogP contribution is 2.31. The van der Waals surface area contributed by atoms with E-state index in [1.165, 1.54) is 17.4 Å². The number of thioether (sulfide) groups is 1. The second-order valence-corrected chi connectivity index (χ2v) is 10.2. The summed E-state index contributed by atoms with van der Waals surface area (Å²) >= 11 is 1.44. The predicted molar refractivity (Wildman–Crippen MR) is 144 cm³/mol. The van der Waals surface area contributed by atoms with Crippen molar-refractivity contribution in [2.45, 2.75) is 17.3 Å². The minimum Gasteiger partial charge on any atom is -0.368 e. The van der Waals surface area contributed by atoms with Gasteiger partial charge >= 0.3 is 0 Å². The summed E-state index contributed by atoms with van der Waals surface area (Å²) in [5.41, 5.74) is 3.80. The Morgan fingerprint density at radius 2 is 1.50 bits per heavy atom. The standard InChI is InChI=1S/C28H26N6OS/c1-20(27(35)33-18-16-32(17-19-33)22-12-6-3-7-13-22)36-28-31-30-26-23-14-8-9-15-24(23)29-25(34(26)28)21-10-4-2-5-11-21/h2-15,20H,16-19H2,1H3/t20-/m0/s1. The molecule has 0 aliphatic carbocycles. The van der Waals surface area contributed by atoms with Gasteiger partial charge in [-0.25, -0.2) is 4.98 Å². The maximum absolute atomic E-state index is 13.4. The fourth-order valence-corrected chi connectivity index (χ4v) is 5.64. The van der Waals surface area contributed by atoms with Crippen LogP contribution in [0.3, 0.4) is 0 Å². The number of carbonyl (C=O) groups is 1. The molecule has 36 heavy (non-hydrogen) atoms. The summed E-state index contributed by atoms with van der Waals surface area (Å²) in [6.45, 7) is 5.03. The highest BCUT2D eigenvalue weighted by atomic mass is 32.2. The van der Waals surface area contributed by atoms with Crippen molar-refractivity contribution in [3.63, 3.8) is 0 Å². The average molecular weight is 495 g/mol. The Balaban J connectivity index is 1.27. The number of nitrogens with zero attached hydrogens (tertiary/aromatic N) is 6. The first-order valence-electron chi connectivity index (χ1n) is 12.1. The van der Waals surface area contributed by atoms with Crippen LogP contribution in [0.4, 0.5) is 5.69 Å². The number of benzene rings is 3. The maximum atomic E-state index is 13.4. The van der Waals surface area contributed by atoms with Crippen LogP contribution in [0.1, 0.15) is 6.92 Å². The summed E-state index contributed by atoms with van der Waals surface area (Å²) in [5, 5.41) is 10.3. The van der Waals surface area contributed by atoms with E-state index in [0.717, 1.165) is 41.0 Å². The van der Waals surface area contributed by atoms with Crippen LogP contribution < -0.4 is 4.90 Å². The van der Waals surface area contributed by atoms with Crippen molar-refractivity contribution in [1.82, 2.24) is 24.5 Å². The molecular formula is C28H26N6OS. The van der Waals surface area contributed by atoms with E-state index in [2.05, 4.69) is 39.4 Å². The molecule has 0 saturated carbocycles. The van der Waals surface area contributed by atoms with Crippen molar-refractivity contribution >= 4 is 39.9 Å². The van der Waals surface area contributed by atoms with Crippen LogP contribution in [0.15, 0.2) is 90.1 Å². The van der Waals surface area contributed by atoms with Gasteiger partial charge in [0.05, 0.1) is 10.8 Å². The molecule has 1 atom stereocenters. The lowest BCUT2D eigenvalue weighted by atomic mass is 10.2. The molecule has 3 heterocycles. The van der Waals surface area contributed by atoms with Crippen LogP contribution in [0.25, 0.3) is 27.9 Å². The van der Waals surface area contributed by atoms with E-state index in [1.54, 1.807) is 0 Å². The van der Waals surface area contributed by atoms with E-state index < -0.39 is 0 Å². The summed E-state index contributed by atoms with van der Waals surface area (Å²) < 4.78 is 1.99. The molecule has 3 aromatic carbocycles. The Hall–Kier alpha value is -3.91. The Bertz CT molecular complexity index is 1510. The number of aromatic nitrogens is 4. The highest BCUT2D eigenvalue weighted by molar-refractivity contribution is 8.00. The minimum atomic E-state index is -0.296. The van der Waals surface area contributed by atoms with Gasteiger partial charge in [0.15, 0.2) is 10.8 Å². The lowest BCUT2D eigenvalue weighted by Gasteiger charge is -2.37. The molecule has 0 unspecified atom stereocenters. The zero-order valence-electron chi connectivity index (χ0n) is 20.0. The number of anilines is 1. The highest BCUT2D eigenvalue weighted by Gasteiger charge is 2.27. The zero-order valence-corrected chi connectivity index (χ0v) is 20.8. The van der Waals surface area contributed by atoms with Crippen molar-refractivity contribution in [3.8, 4) is 11.4 Å². The van der Waals surface area contributed by atoms with Gasteiger partial charge < -0.3 is 9.80 Å². The monoisotopic (exact) mass is 494 g/mol. The van der Waals surface area contributed by atoms with Gasteiger partial charge in [-0.2, -0.15) is 0 Å². The summed E-state index contributed by atoms with van der Waals surface area (Å²) in [7, 11) is 0. The van der Waals surface area contributed by atoms with Crippen molar-refractivity contribution in [3.05, 3.63) is 84.9 Å². The minimum absolute atomic E-state index is 0.125. The average Bonchev–Trinajstić information content (AvgIpc) is 3.37. The van der Waals surface area contributed by atoms with Gasteiger partial charge in [0, 0.05) is 42.8 Å². The Labute approximate surface area is 213 Å². The molecule has 0 N–H and O–H groups in total. The van der Waals surface area contributed by atoms with E-state index in [9.17, 15) is 4.79 Å². The van der Waals surface area contributed by atoms with Gasteiger partial charge in [0.1, 0.15) is 5.82 Å². The summed E-state index contributed by atoms with van der Waals surface area (Å²) in [5.74, 6) is 0.896. The molecule has 8 heteroatoms. The third-order valence-electron chi connectivity index (χ3n) is 6.59. The molecule has 0 radical (unpaired) electrons. The molecule has 180 valence electrons. The van der Waals surface area contributed by atoms with Gasteiger partial charge in [0.25, 0.3) is 0 Å². The maximum Gasteiger partial charge on any atom is 0.236 e. The molecule has 1 saturated heterocycles. The van der Waals surface area contributed by atoms with Crippen molar-refractivity contribution in [2.24, 2.45) is 0 Å². The molecular weight excluding hydrogens is 468 g/mol. The quantitative estimate of drug-likeness (QED) is 0.328. The fraction of sp³-hybridized carbons (Fsp3) is 0.214. The van der Waals surface area contributed by atoms with E-state index in [1.807, 2.05) is 76.9 Å².